The first-order valence-corrected chi connectivity index (χ1v) is 8.90. The normalized spacial score (nSPS) is 11.4. The van der Waals surface area contributed by atoms with Crippen LogP contribution in [-0.4, -0.2) is 21.2 Å². The molecule has 0 fully saturated rings. The SMILES string of the molecule is Cc1cc(C)c2oc(-c3cc(N=Cc4ccc([N+](=O)[O-])cc4)ccc3O)nc2c1. The average molecular weight is 387 g/mol. The van der Waals surface area contributed by atoms with Crippen molar-refractivity contribution in [3.63, 3.8) is 0 Å². The number of rotatable bonds is 4. The zero-order valence-corrected chi connectivity index (χ0v) is 15.8. The molecule has 1 N–H and O–H groups in total. The summed E-state index contributed by atoms with van der Waals surface area (Å²) in [4.78, 5) is 19.2. The Morgan fingerprint density at radius 2 is 1.86 bits per heavy atom. The molecule has 1 heterocycles. The number of benzene rings is 3. The Morgan fingerprint density at radius 1 is 1.10 bits per heavy atom. The van der Waals surface area contributed by atoms with Crippen molar-refractivity contribution in [3.05, 3.63) is 81.4 Å². The third-order valence-electron chi connectivity index (χ3n) is 4.50. The average Bonchev–Trinajstić information content (AvgIpc) is 3.12. The smallest absolute Gasteiger partial charge is 0.269 e. The molecule has 144 valence electrons. The molecular formula is C22H17N3O4. The van der Waals surface area contributed by atoms with Crippen molar-refractivity contribution < 1.29 is 14.4 Å². The molecule has 1 aromatic heterocycles. The van der Waals surface area contributed by atoms with E-state index in [9.17, 15) is 15.2 Å². The number of hydrogen-bond donors (Lipinski definition) is 1. The Kier molecular flexibility index (Phi) is 4.56. The summed E-state index contributed by atoms with van der Waals surface area (Å²) in [7, 11) is 0. The van der Waals surface area contributed by atoms with E-state index in [0.29, 0.717) is 22.7 Å². The number of nitro groups is 1. The fourth-order valence-corrected chi connectivity index (χ4v) is 3.10. The van der Waals surface area contributed by atoms with E-state index in [0.717, 1.165) is 22.2 Å². The van der Waals surface area contributed by atoms with Crippen LogP contribution < -0.4 is 0 Å². The first-order valence-electron chi connectivity index (χ1n) is 8.90. The summed E-state index contributed by atoms with van der Waals surface area (Å²) in [6.45, 7) is 3.95. The third-order valence-corrected chi connectivity index (χ3v) is 4.50. The molecule has 4 aromatic rings. The van der Waals surface area contributed by atoms with Crippen molar-refractivity contribution in [2.75, 3.05) is 0 Å². The van der Waals surface area contributed by atoms with Gasteiger partial charge in [-0.15, -0.1) is 0 Å². The highest BCUT2D eigenvalue weighted by Gasteiger charge is 2.14. The lowest BCUT2D eigenvalue weighted by molar-refractivity contribution is -0.384. The second-order valence-electron chi connectivity index (χ2n) is 6.76. The van der Waals surface area contributed by atoms with Gasteiger partial charge in [-0.3, -0.25) is 15.1 Å². The van der Waals surface area contributed by atoms with Gasteiger partial charge >= 0.3 is 0 Å². The van der Waals surface area contributed by atoms with Crippen molar-refractivity contribution in [1.82, 2.24) is 4.98 Å². The molecule has 0 radical (unpaired) electrons. The van der Waals surface area contributed by atoms with Crippen molar-refractivity contribution in [3.8, 4) is 17.2 Å². The summed E-state index contributed by atoms with van der Waals surface area (Å²) in [5.41, 5.74) is 5.25. The number of nitro benzene ring substituents is 1. The van der Waals surface area contributed by atoms with Crippen LogP contribution in [0.25, 0.3) is 22.6 Å². The molecule has 0 saturated carbocycles. The van der Waals surface area contributed by atoms with Gasteiger partial charge in [0.15, 0.2) is 5.58 Å². The number of aryl methyl sites for hydroxylation is 2. The van der Waals surface area contributed by atoms with E-state index in [-0.39, 0.29) is 11.4 Å². The highest BCUT2D eigenvalue weighted by Crippen LogP contribution is 2.35. The molecule has 7 heteroatoms. The molecule has 0 aliphatic heterocycles. The maximum absolute atomic E-state index is 10.7. The topological polar surface area (TPSA) is 102 Å². The van der Waals surface area contributed by atoms with Crippen LogP contribution in [0.15, 0.2) is 64.0 Å². The molecule has 0 saturated heterocycles. The van der Waals surface area contributed by atoms with Gasteiger partial charge < -0.3 is 9.52 Å². The van der Waals surface area contributed by atoms with E-state index in [2.05, 4.69) is 9.98 Å². The summed E-state index contributed by atoms with van der Waals surface area (Å²) in [5.74, 6) is 0.360. The van der Waals surface area contributed by atoms with Crippen molar-refractivity contribution in [1.29, 1.82) is 0 Å². The summed E-state index contributed by atoms with van der Waals surface area (Å²) in [5, 5.41) is 21.0. The Labute approximate surface area is 166 Å². The minimum Gasteiger partial charge on any atom is -0.507 e. The number of phenolic OH excluding ortho intramolecular Hbond substituents is 1. The lowest BCUT2D eigenvalue weighted by atomic mass is 10.1. The van der Waals surface area contributed by atoms with E-state index < -0.39 is 4.92 Å². The predicted molar refractivity (Wildman–Crippen MR) is 111 cm³/mol. The Balaban J connectivity index is 1.67. The van der Waals surface area contributed by atoms with E-state index in [1.165, 1.54) is 18.2 Å². The molecule has 0 atom stereocenters. The van der Waals surface area contributed by atoms with E-state index in [1.54, 1.807) is 30.5 Å². The number of aromatic nitrogens is 1. The van der Waals surface area contributed by atoms with Crippen LogP contribution in [-0.2, 0) is 0 Å². The molecular weight excluding hydrogens is 370 g/mol. The van der Waals surface area contributed by atoms with Crippen LogP contribution >= 0.6 is 0 Å². The van der Waals surface area contributed by atoms with E-state index >= 15 is 0 Å². The van der Waals surface area contributed by atoms with E-state index in [4.69, 9.17) is 4.42 Å². The van der Waals surface area contributed by atoms with Gasteiger partial charge in [-0.05, 0) is 66.9 Å². The van der Waals surface area contributed by atoms with Crippen LogP contribution in [0.1, 0.15) is 16.7 Å². The summed E-state index contributed by atoms with van der Waals surface area (Å²) < 4.78 is 5.89. The lowest BCUT2D eigenvalue weighted by Crippen LogP contribution is -1.88. The van der Waals surface area contributed by atoms with Crippen LogP contribution in [0.4, 0.5) is 11.4 Å². The Bertz CT molecular complexity index is 1260. The van der Waals surface area contributed by atoms with Crippen LogP contribution in [0, 0.1) is 24.0 Å². The molecule has 0 amide bonds. The first-order chi connectivity index (χ1) is 13.9. The zero-order valence-electron chi connectivity index (χ0n) is 15.8. The quantitative estimate of drug-likeness (QED) is 0.284. The Morgan fingerprint density at radius 3 is 2.59 bits per heavy atom. The maximum atomic E-state index is 10.7. The largest absolute Gasteiger partial charge is 0.507 e. The van der Waals surface area contributed by atoms with Crippen LogP contribution in [0.2, 0.25) is 0 Å². The summed E-state index contributed by atoms with van der Waals surface area (Å²) in [6.07, 6.45) is 1.60. The fourth-order valence-electron chi connectivity index (χ4n) is 3.10. The van der Waals surface area contributed by atoms with Crippen molar-refractivity contribution in [2.24, 2.45) is 4.99 Å². The molecule has 7 nitrogen and oxygen atoms in total. The second-order valence-corrected chi connectivity index (χ2v) is 6.76. The van der Waals surface area contributed by atoms with Crippen LogP contribution in [0.5, 0.6) is 5.75 Å². The molecule has 4 rings (SSSR count). The first kappa shape index (κ1) is 18.4. The number of nitrogens with zero attached hydrogens (tertiary/aromatic N) is 3. The second kappa shape index (κ2) is 7.20. The molecule has 3 aromatic carbocycles. The standard InChI is InChI=1S/C22H17N3O4/c1-13-9-14(2)21-19(10-13)24-22(29-21)18-11-16(5-8-20(18)26)23-12-15-3-6-17(7-4-15)25(27)28/h3-12,26H,1-2H3. The zero-order chi connectivity index (χ0) is 20.5. The summed E-state index contributed by atoms with van der Waals surface area (Å²) in [6, 6.07) is 14.9. The van der Waals surface area contributed by atoms with Gasteiger partial charge in [-0.2, -0.15) is 0 Å². The molecule has 0 aliphatic carbocycles. The van der Waals surface area contributed by atoms with Gasteiger partial charge in [0, 0.05) is 18.3 Å². The fraction of sp³-hybridized carbons (Fsp3) is 0.0909. The lowest BCUT2D eigenvalue weighted by Gasteiger charge is -2.02. The molecule has 0 unspecified atom stereocenters. The van der Waals surface area contributed by atoms with Gasteiger partial charge in [0.25, 0.3) is 5.69 Å². The van der Waals surface area contributed by atoms with Gasteiger partial charge in [-0.1, -0.05) is 6.07 Å². The predicted octanol–water partition coefficient (Wildman–Crippen LogP) is 5.48. The van der Waals surface area contributed by atoms with E-state index in [1.807, 2.05) is 26.0 Å². The van der Waals surface area contributed by atoms with Gasteiger partial charge in [-0.25, -0.2) is 4.98 Å². The number of fused-ring (bicyclic) bond motifs is 1. The number of oxazole rings is 1. The maximum Gasteiger partial charge on any atom is 0.269 e. The number of aliphatic imine (C=N–C) groups is 1. The number of phenols is 1. The summed E-state index contributed by atoms with van der Waals surface area (Å²) >= 11 is 0. The third kappa shape index (κ3) is 3.70. The number of aromatic hydroxyl groups is 1. The van der Waals surface area contributed by atoms with Crippen molar-refractivity contribution >= 4 is 28.7 Å². The monoisotopic (exact) mass is 387 g/mol. The van der Waals surface area contributed by atoms with Crippen molar-refractivity contribution in [2.45, 2.75) is 13.8 Å². The van der Waals surface area contributed by atoms with Gasteiger partial charge in [0.05, 0.1) is 16.2 Å². The molecule has 29 heavy (non-hydrogen) atoms. The van der Waals surface area contributed by atoms with Gasteiger partial charge in [0.1, 0.15) is 11.3 Å². The number of hydrogen-bond acceptors (Lipinski definition) is 6. The highest BCUT2D eigenvalue weighted by atomic mass is 16.6. The molecule has 0 aliphatic rings. The minimum atomic E-state index is -0.448. The molecule has 0 spiro atoms. The number of non-ortho nitro benzene ring substituents is 1. The molecule has 0 bridgehead atoms. The minimum absolute atomic E-state index is 0.0237. The Hall–Kier alpha value is -4.00. The highest BCUT2D eigenvalue weighted by molar-refractivity contribution is 5.84. The van der Waals surface area contributed by atoms with Gasteiger partial charge in [0.2, 0.25) is 5.89 Å². The van der Waals surface area contributed by atoms with Crippen LogP contribution in [0.3, 0.4) is 0 Å².